The van der Waals surface area contributed by atoms with Crippen molar-refractivity contribution in [2.75, 3.05) is 50.8 Å². The fourth-order valence-electron chi connectivity index (χ4n) is 4.08. The number of imidazole rings is 1. The van der Waals surface area contributed by atoms with Gasteiger partial charge in [0.25, 0.3) is 0 Å². The summed E-state index contributed by atoms with van der Waals surface area (Å²) in [7, 11) is 0. The molecule has 0 unspecified atom stereocenters. The first kappa shape index (κ1) is 22.2. The lowest BCUT2D eigenvalue weighted by Gasteiger charge is -2.40. The zero-order valence-corrected chi connectivity index (χ0v) is 19.2. The monoisotopic (exact) mass is 450 g/mol. The van der Waals surface area contributed by atoms with E-state index in [2.05, 4.69) is 36.6 Å². The van der Waals surface area contributed by atoms with E-state index in [1.807, 2.05) is 13.8 Å². The van der Waals surface area contributed by atoms with Crippen LogP contribution in [0, 0.1) is 5.92 Å². The third kappa shape index (κ3) is 4.62. The molecule has 0 radical (unpaired) electrons. The number of nitrogens with two attached hydrogens (primary N) is 1. The molecule has 1 amide bonds. The number of carbonyl (C=O) groups excluding carboxylic acids is 1. The minimum Gasteiger partial charge on any atom is -0.378 e. The van der Waals surface area contributed by atoms with Gasteiger partial charge in [0, 0.05) is 39.3 Å². The van der Waals surface area contributed by atoms with Crippen LogP contribution in [-0.2, 0) is 22.6 Å². The van der Waals surface area contributed by atoms with Crippen LogP contribution in [-0.4, -0.2) is 81.8 Å². The molecule has 4 heterocycles. The molecule has 11 heteroatoms. The molecule has 170 valence electrons. The molecule has 2 aliphatic heterocycles. The van der Waals surface area contributed by atoms with Crippen LogP contribution in [0.2, 0.25) is 5.28 Å². The quantitative estimate of drug-likeness (QED) is 0.562. The van der Waals surface area contributed by atoms with Crippen LogP contribution in [0.1, 0.15) is 26.6 Å². The highest BCUT2D eigenvalue weighted by molar-refractivity contribution is 6.28. The summed E-state index contributed by atoms with van der Waals surface area (Å²) in [5, 5.41) is 3.51. The van der Waals surface area contributed by atoms with Gasteiger partial charge in [-0.25, -0.2) is 4.98 Å². The standard InChI is InChI=1S/C20H31ClN8O2/c1-4-29-14(12-27-10-13(11-27)9-23-20(2,3)18(22)30)24-15-16(25-19(21)26-17(15)29)28-5-7-31-8-6-28/h13,23H,4-12H2,1-3H3,(H2,22,30). The maximum Gasteiger partial charge on any atom is 0.237 e. The van der Waals surface area contributed by atoms with Crippen molar-refractivity contribution in [3.05, 3.63) is 11.1 Å². The van der Waals surface area contributed by atoms with E-state index in [0.717, 1.165) is 68.6 Å². The average Bonchev–Trinajstić information content (AvgIpc) is 3.06. The fraction of sp³-hybridized carbons (Fsp3) is 0.700. The first-order valence-corrected chi connectivity index (χ1v) is 11.2. The second-order valence-corrected chi connectivity index (χ2v) is 9.13. The summed E-state index contributed by atoms with van der Waals surface area (Å²) in [6.45, 7) is 12.7. The van der Waals surface area contributed by atoms with E-state index in [4.69, 9.17) is 27.1 Å². The smallest absolute Gasteiger partial charge is 0.237 e. The third-order valence-corrected chi connectivity index (χ3v) is 6.27. The molecule has 0 aliphatic carbocycles. The predicted molar refractivity (Wildman–Crippen MR) is 119 cm³/mol. The Balaban J connectivity index is 1.47. The largest absolute Gasteiger partial charge is 0.378 e. The van der Waals surface area contributed by atoms with E-state index in [1.54, 1.807) is 0 Å². The lowest BCUT2D eigenvalue weighted by molar-refractivity contribution is -0.123. The SMILES string of the molecule is CCn1c(CN2CC(CNC(C)(C)C(N)=O)C2)nc2c(N3CCOCC3)nc(Cl)nc21. The Kier molecular flexibility index (Phi) is 6.34. The molecular weight excluding hydrogens is 420 g/mol. The Morgan fingerprint density at radius 1 is 1.26 bits per heavy atom. The lowest BCUT2D eigenvalue weighted by atomic mass is 9.97. The Labute approximate surface area is 187 Å². The van der Waals surface area contributed by atoms with Crippen molar-refractivity contribution < 1.29 is 9.53 Å². The van der Waals surface area contributed by atoms with Crippen LogP contribution in [0.25, 0.3) is 11.2 Å². The number of fused-ring (bicyclic) bond motifs is 1. The van der Waals surface area contributed by atoms with E-state index in [1.165, 1.54) is 0 Å². The van der Waals surface area contributed by atoms with Gasteiger partial charge >= 0.3 is 0 Å². The van der Waals surface area contributed by atoms with Gasteiger partial charge in [0.05, 0.1) is 25.3 Å². The third-order valence-electron chi connectivity index (χ3n) is 6.10. The molecule has 0 saturated carbocycles. The maximum atomic E-state index is 11.5. The molecule has 2 aromatic heterocycles. The highest BCUT2D eigenvalue weighted by atomic mass is 35.5. The number of hydrogen-bond acceptors (Lipinski definition) is 8. The molecule has 2 aliphatic rings. The summed E-state index contributed by atoms with van der Waals surface area (Å²) in [6, 6.07) is 0. The molecule has 31 heavy (non-hydrogen) atoms. The number of morpholine rings is 1. The number of amides is 1. The molecular formula is C20H31ClN8O2. The second-order valence-electron chi connectivity index (χ2n) is 8.79. The number of aryl methyl sites for hydroxylation is 1. The number of aromatic nitrogens is 4. The lowest BCUT2D eigenvalue weighted by Crippen LogP contribution is -2.57. The number of nitrogens with one attached hydrogen (secondary N) is 1. The van der Waals surface area contributed by atoms with Crippen LogP contribution < -0.4 is 16.0 Å². The molecule has 10 nitrogen and oxygen atoms in total. The Morgan fingerprint density at radius 3 is 2.61 bits per heavy atom. The highest BCUT2D eigenvalue weighted by Gasteiger charge is 2.32. The van der Waals surface area contributed by atoms with Gasteiger partial charge in [0.1, 0.15) is 5.82 Å². The molecule has 3 N–H and O–H groups in total. The number of anilines is 1. The van der Waals surface area contributed by atoms with Crippen molar-refractivity contribution >= 4 is 34.5 Å². The molecule has 4 rings (SSSR count). The van der Waals surface area contributed by atoms with Crippen molar-refractivity contribution in [1.82, 2.24) is 29.7 Å². The van der Waals surface area contributed by atoms with Gasteiger partial charge in [-0.3, -0.25) is 9.69 Å². The van der Waals surface area contributed by atoms with E-state index < -0.39 is 5.54 Å². The number of primary amides is 1. The number of nitrogens with zero attached hydrogens (tertiary/aromatic N) is 6. The predicted octanol–water partition coefficient (Wildman–Crippen LogP) is 0.622. The Morgan fingerprint density at radius 2 is 1.97 bits per heavy atom. The molecule has 0 aromatic carbocycles. The van der Waals surface area contributed by atoms with Crippen LogP contribution in [0.3, 0.4) is 0 Å². The van der Waals surface area contributed by atoms with E-state index in [9.17, 15) is 4.79 Å². The number of ether oxygens (including phenoxy) is 1. The second kappa shape index (κ2) is 8.85. The van der Waals surface area contributed by atoms with Crippen LogP contribution in [0.15, 0.2) is 0 Å². The molecule has 0 atom stereocenters. The molecule has 2 saturated heterocycles. The summed E-state index contributed by atoms with van der Waals surface area (Å²) in [4.78, 5) is 29.9. The van der Waals surface area contributed by atoms with Crippen molar-refractivity contribution in [2.24, 2.45) is 11.7 Å². The molecule has 0 spiro atoms. The minimum atomic E-state index is -0.690. The fourth-order valence-corrected chi connectivity index (χ4v) is 4.24. The summed E-state index contributed by atoms with van der Waals surface area (Å²) in [5.74, 6) is 1.89. The highest BCUT2D eigenvalue weighted by Crippen LogP contribution is 2.28. The van der Waals surface area contributed by atoms with Crippen molar-refractivity contribution in [2.45, 2.75) is 39.4 Å². The zero-order valence-electron chi connectivity index (χ0n) is 18.4. The van der Waals surface area contributed by atoms with Gasteiger partial charge < -0.3 is 25.3 Å². The summed E-state index contributed by atoms with van der Waals surface area (Å²) in [6.07, 6.45) is 0. The number of carbonyl (C=O) groups is 1. The van der Waals surface area contributed by atoms with E-state index in [0.29, 0.717) is 19.1 Å². The van der Waals surface area contributed by atoms with E-state index in [-0.39, 0.29) is 11.2 Å². The molecule has 2 fully saturated rings. The summed E-state index contributed by atoms with van der Waals surface area (Å²) in [5.41, 5.74) is 6.32. The maximum absolute atomic E-state index is 11.5. The summed E-state index contributed by atoms with van der Waals surface area (Å²) < 4.78 is 7.59. The van der Waals surface area contributed by atoms with Gasteiger partial charge in [0.15, 0.2) is 17.0 Å². The van der Waals surface area contributed by atoms with E-state index >= 15 is 0 Å². The first-order valence-electron chi connectivity index (χ1n) is 10.8. The summed E-state index contributed by atoms with van der Waals surface area (Å²) >= 11 is 6.27. The number of halogens is 1. The average molecular weight is 451 g/mol. The van der Waals surface area contributed by atoms with Gasteiger partial charge in [-0.05, 0) is 38.3 Å². The number of hydrogen-bond donors (Lipinski definition) is 2. The van der Waals surface area contributed by atoms with Crippen molar-refractivity contribution in [3.8, 4) is 0 Å². The first-order chi connectivity index (χ1) is 14.8. The zero-order chi connectivity index (χ0) is 22.2. The van der Waals surface area contributed by atoms with Gasteiger partial charge in [-0.2, -0.15) is 9.97 Å². The van der Waals surface area contributed by atoms with Crippen molar-refractivity contribution in [3.63, 3.8) is 0 Å². The van der Waals surface area contributed by atoms with Gasteiger partial charge in [-0.15, -0.1) is 0 Å². The normalized spacial score (nSPS) is 18.5. The topological polar surface area (TPSA) is 114 Å². The minimum absolute atomic E-state index is 0.238. The Hall–Kier alpha value is -2.01. The van der Waals surface area contributed by atoms with Crippen LogP contribution >= 0.6 is 11.6 Å². The van der Waals surface area contributed by atoms with Gasteiger partial charge in [-0.1, -0.05) is 0 Å². The van der Waals surface area contributed by atoms with Crippen molar-refractivity contribution in [1.29, 1.82) is 0 Å². The molecule has 0 bridgehead atoms. The van der Waals surface area contributed by atoms with Gasteiger partial charge in [0.2, 0.25) is 11.2 Å². The molecule has 2 aromatic rings. The number of likely N-dealkylation sites (tertiary alicyclic amines) is 1. The van der Waals surface area contributed by atoms with Crippen LogP contribution in [0.5, 0.6) is 0 Å². The Bertz CT molecular complexity index is 950. The van der Waals surface area contributed by atoms with Crippen LogP contribution in [0.4, 0.5) is 5.82 Å². The number of rotatable bonds is 8.